The van der Waals surface area contributed by atoms with Crippen molar-refractivity contribution in [1.29, 1.82) is 0 Å². The zero-order chi connectivity index (χ0) is 10.9. The lowest BCUT2D eigenvalue weighted by Crippen LogP contribution is -2.05. The van der Waals surface area contributed by atoms with Crippen molar-refractivity contribution >= 4 is 37.3 Å². The summed E-state index contributed by atoms with van der Waals surface area (Å²) in [5.41, 5.74) is 0. The van der Waals surface area contributed by atoms with Gasteiger partial charge in [0.15, 0.2) is 0 Å². The Morgan fingerprint density at radius 3 is 1.93 bits per heavy atom. The average molecular weight is 265 g/mol. The maximum Gasteiger partial charge on any atom is 0.475 e. The molecule has 0 aromatic heterocycles. The highest BCUT2D eigenvalue weighted by molar-refractivity contribution is 7.48. The number of hydrogen-bond donors (Lipinski definition) is 0. The van der Waals surface area contributed by atoms with E-state index in [9.17, 15) is 9.36 Å². The predicted molar refractivity (Wildman–Crippen MR) is 53.0 cm³/mol. The summed E-state index contributed by atoms with van der Waals surface area (Å²) in [7, 11) is -3.67. The Kier molecular flexibility index (Phi) is 8.87. The Morgan fingerprint density at radius 2 is 1.57 bits per heavy atom. The summed E-state index contributed by atoms with van der Waals surface area (Å²) in [6, 6.07) is 0. The number of halogens is 2. The van der Waals surface area contributed by atoms with Gasteiger partial charge in [0.05, 0.1) is 13.2 Å². The van der Waals surface area contributed by atoms with Crippen molar-refractivity contribution in [3.8, 4) is 0 Å². The van der Waals surface area contributed by atoms with Crippen LogP contribution in [-0.4, -0.2) is 37.9 Å². The van der Waals surface area contributed by atoms with E-state index in [0.29, 0.717) is 6.29 Å². The van der Waals surface area contributed by atoms with E-state index in [1.165, 1.54) is 0 Å². The molecule has 0 saturated heterocycles. The lowest BCUT2D eigenvalue weighted by Gasteiger charge is -2.15. The number of alkyl halides is 2. The molecule has 0 aromatic rings. The van der Waals surface area contributed by atoms with Gasteiger partial charge in [0.25, 0.3) is 0 Å². The monoisotopic (exact) mass is 264 g/mol. The summed E-state index contributed by atoms with van der Waals surface area (Å²) < 4.78 is 25.6. The Morgan fingerprint density at radius 1 is 1.07 bits per heavy atom. The summed E-state index contributed by atoms with van der Waals surface area (Å²) in [6.45, 7) is -0.332. The number of phosphoric acid groups is 1. The molecule has 0 rings (SSSR count). The summed E-state index contributed by atoms with van der Waals surface area (Å²) in [5, 5.41) is 0. The standard InChI is InChI=1S/C6H11Cl2O5P/c7-1-4-11-14(10,12-5-2-8)13-6-3-9/h3H,1-2,4-6H2. The number of carbonyl (C=O) groups is 1. The molecule has 0 heterocycles. The molecule has 0 bridgehead atoms. The Labute approximate surface area is 92.2 Å². The quantitative estimate of drug-likeness (QED) is 0.361. The first kappa shape index (κ1) is 14.4. The van der Waals surface area contributed by atoms with Gasteiger partial charge >= 0.3 is 7.82 Å². The molecule has 0 atom stereocenters. The molecule has 0 radical (unpaired) electrons. The molecule has 0 aliphatic heterocycles. The SMILES string of the molecule is O=CCOP(=O)(OCCCl)OCCCl. The Hall–Kier alpha value is 0.360. The van der Waals surface area contributed by atoms with Gasteiger partial charge in [-0.25, -0.2) is 4.57 Å². The fourth-order valence-electron chi connectivity index (χ4n) is 0.526. The molecular formula is C6H11Cl2O5P. The van der Waals surface area contributed by atoms with Crippen molar-refractivity contribution in [3.63, 3.8) is 0 Å². The van der Waals surface area contributed by atoms with Crippen LogP contribution in [0.5, 0.6) is 0 Å². The van der Waals surface area contributed by atoms with Crippen molar-refractivity contribution in [2.75, 3.05) is 31.6 Å². The van der Waals surface area contributed by atoms with Crippen LogP contribution >= 0.6 is 31.0 Å². The first-order valence-corrected chi connectivity index (χ1v) is 6.30. The number of phosphoric ester groups is 1. The highest BCUT2D eigenvalue weighted by Gasteiger charge is 2.25. The third-order valence-electron chi connectivity index (χ3n) is 0.954. The molecule has 0 amide bonds. The van der Waals surface area contributed by atoms with Crippen LogP contribution in [-0.2, 0) is 22.9 Å². The fraction of sp³-hybridized carbons (Fsp3) is 0.833. The number of rotatable bonds is 9. The van der Waals surface area contributed by atoms with Crippen molar-refractivity contribution < 1.29 is 22.9 Å². The minimum atomic E-state index is -3.67. The molecule has 8 heteroatoms. The molecule has 0 aliphatic rings. The van der Waals surface area contributed by atoms with E-state index in [2.05, 4.69) is 4.52 Å². The zero-order valence-electron chi connectivity index (χ0n) is 7.36. The van der Waals surface area contributed by atoms with Gasteiger partial charge in [-0.1, -0.05) is 0 Å². The molecule has 0 unspecified atom stereocenters. The lowest BCUT2D eigenvalue weighted by atomic mass is 10.9. The second-order valence-electron chi connectivity index (χ2n) is 1.95. The summed E-state index contributed by atoms with van der Waals surface area (Å²) >= 11 is 10.6. The second-order valence-corrected chi connectivity index (χ2v) is 4.38. The maximum atomic E-state index is 11.5. The number of carbonyl (C=O) groups excluding carboxylic acids is 1. The second kappa shape index (κ2) is 8.65. The number of hydrogen-bond acceptors (Lipinski definition) is 5. The third kappa shape index (κ3) is 6.76. The normalized spacial score (nSPS) is 11.6. The molecule has 0 saturated carbocycles. The van der Waals surface area contributed by atoms with Gasteiger partial charge < -0.3 is 4.79 Å². The van der Waals surface area contributed by atoms with Crippen LogP contribution in [0.15, 0.2) is 0 Å². The minimum Gasteiger partial charge on any atom is -0.301 e. The van der Waals surface area contributed by atoms with Crippen LogP contribution in [0.3, 0.4) is 0 Å². The molecule has 0 N–H and O–H groups in total. The predicted octanol–water partition coefficient (Wildman–Crippen LogP) is 1.82. The zero-order valence-corrected chi connectivity index (χ0v) is 9.76. The molecule has 0 fully saturated rings. The van der Waals surface area contributed by atoms with Gasteiger partial charge in [-0.05, 0) is 0 Å². The van der Waals surface area contributed by atoms with Crippen LogP contribution in [0.4, 0.5) is 0 Å². The third-order valence-corrected chi connectivity index (χ3v) is 2.73. The van der Waals surface area contributed by atoms with Gasteiger partial charge in [-0.15, -0.1) is 23.2 Å². The van der Waals surface area contributed by atoms with Gasteiger partial charge in [0.2, 0.25) is 0 Å². The van der Waals surface area contributed by atoms with Gasteiger partial charge in [0, 0.05) is 11.8 Å². The van der Waals surface area contributed by atoms with Crippen LogP contribution < -0.4 is 0 Å². The molecule has 0 aromatic carbocycles. The molecule has 0 aliphatic carbocycles. The highest BCUT2D eigenvalue weighted by Crippen LogP contribution is 2.48. The smallest absolute Gasteiger partial charge is 0.301 e. The summed E-state index contributed by atoms with van der Waals surface area (Å²) in [5.74, 6) is 0.303. The van der Waals surface area contributed by atoms with Crippen LogP contribution in [0.25, 0.3) is 0 Å². The van der Waals surface area contributed by atoms with E-state index in [1.54, 1.807) is 0 Å². The first-order valence-electron chi connectivity index (χ1n) is 3.77. The molecular weight excluding hydrogens is 254 g/mol. The van der Waals surface area contributed by atoms with Crippen LogP contribution in [0.2, 0.25) is 0 Å². The van der Waals surface area contributed by atoms with Gasteiger partial charge in [0.1, 0.15) is 12.9 Å². The largest absolute Gasteiger partial charge is 0.475 e. The molecule has 5 nitrogen and oxygen atoms in total. The van der Waals surface area contributed by atoms with E-state index < -0.39 is 7.82 Å². The molecule has 14 heavy (non-hydrogen) atoms. The summed E-state index contributed by atoms with van der Waals surface area (Å²) in [6.07, 6.45) is 0.445. The van der Waals surface area contributed by atoms with Crippen molar-refractivity contribution in [1.82, 2.24) is 0 Å². The molecule has 84 valence electrons. The van der Waals surface area contributed by atoms with Crippen LogP contribution in [0, 0.1) is 0 Å². The van der Waals surface area contributed by atoms with E-state index in [4.69, 9.17) is 32.2 Å². The molecule has 0 spiro atoms. The van der Waals surface area contributed by atoms with Crippen molar-refractivity contribution in [2.45, 2.75) is 0 Å². The topological polar surface area (TPSA) is 61.8 Å². The van der Waals surface area contributed by atoms with E-state index in [1.807, 2.05) is 0 Å². The lowest BCUT2D eigenvalue weighted by molar-refractivity contribution is -0.110. The fourth-order valence-corrected chi connectivity index (χ4v) is 1.99. The minimum absolute atomic E-state index is 0.0139. The Balaban J connectivity index is 4.03. The highest BCUT2D eigenvalue weighted by atomic mass is 35.5. The van der Waals surface area contributed by atoms with E-state index >= 15 is 0 Å². The number of aldehydes is 1. The van der Waals surface area contributed by atoms with Crippen molar-refractivity contribution in [3.05, 3.63) is 0 Å². The van der Waals surface area contributed by atoms with E-state index in [0.717, 1.165) is 0 Å². The maximum absolute atomic E-state index is 11.5. The first-order chi connectivity index (χ1) is 6.68. The average Bonchev–Trinajstić information content (AvgIpc) is 2.21. The van der Waals surface area contributed by atoms with Crippen molar-refractivity contribution in [2.24, 2.45) is 0 Å². The Bertz CT molecular complexity index is 189. The van der Waals surface area contributed by atoms with E-state index in [-0.39, 0.29) is 31.6 Å². The van der Waals surface area contributed by atoms with Crippen LogP contribution in [0.1, 0.15) is 0 Å². The van der Waals surface area contributed by atoms with Gasteiger partial charge in [-0.3, -0.25) is 13.6 Å². The summed E-state index contributed by atoms with van der Waals surface area (Å²) in [4.78, 5) is 9.99. The van der Waals surface area contributed by atoms with Gasteiger partial charge in [-0.2, -0.15) is 0 Å².